The fourth-order valence-electron chi connectivity index (χ4n) is 7.38. The summed E-state index contributed by atoms with van der Waals surface area (Å²) in [6.07, 6.45) is 13.1. The molecule has 0 amide bonds. The molecule has 0 aromatic heterocycles. The van der Waals surface area contributed by atoms with Gasteiger partial charge in [0, 0.05) is 0 Å². The maximum atomic E-state index is 4.40. The summed E-state index contributed by atoms with van der Waals surface area (Å²) < 4.78 is 0. The van der Waals surface area contributed by atoms with Gasteiger partial charge in [-0.2, -0.15) is 0 Å². The van der Waals surface area contributed by atoms with Crippen LogP contribution in [-0.2, 0) is 0 Å². The second kappa shape index (κ2) is 8.29. The average molecular weight is 411 g/mol. The van der Waals surface area contributed by atoms with E-state index in [2.05, 4.69) is 75.0 Å². The SMILES string of the molecule is C=C1CCC(CC2=C(C)CCC(CC3C(C)=CCCC3(C)C)C2(C)C)C(C)(C)C1C. The van der Waals surface area contributed by atoms with Crippen LogP contribution in [0.5, 0.6) is 0 Å². The Morgan fingerprint density at radius 3 is 2.23 bits per heavy atom. The minimum absolute atomic E-state index is 0.323. The zero-order valence-corrected chi connectivity index (χ0v) is 21.8. The zero-order chi connectivity index (χ0) is 22.5. The van der Waals surface area contributed by atoms with E-state index in [1.54, 1.807) is 11.1 Å². The predicted octanol–water partition coefficient (Wildman–Crippen LogP) is 9.53. The molecule has 0 heteroatoms. The lowest BCUT2D eigenvalue weighted by atomic mass is 9.54. The molecule has 0 spiro atoms. The van der Waals surface area contributed by atoms with E-state index in [-0.39, 0.29) is 0 Å². The van der Waals surface area contributed by atoms with Crippen LogP contribution in [0.3, 0.4) is 0 Å². The first-order chi connectivity index (χ1) is 13.8. The molecule has 4 unspecified atom stereocenters. The lowest BCUT2D eigenvalue weighted by molar-refractivity contribution is 0.0884. The molecule has 0 aromatic rings. The largest absolute Gasteiger partial charge is 0.0996 e. The van der Waals surface area contributed by atoms with Crippen LogP contribution in [0, 0.1) is 39.9 Å². The summed E-state index contributed by atoms with van der Waals surface area (Å²) >= 11 is 0. The van der Waals surface area contributed by atoms with E-state index in [9.17, 15) is 0 Å². The van der Waals surface area contributed by atoms with Gasteiger partial charge in [0.15, 0.2) is 0 Å². The van der Waals surface area contributed by atoms with E-state index in [0.29, 0.717) is 22.2 Å². The van der Waals surface area contributed by atoms with E-state index in [1.165, 1.54) is 56.9 Å². The molecule has 170 valence electrons. The van der Waals surface area contributed by atoms with Crippen molar-refractivity contribution in [3.05, 3.63) is 34.9 Å². The second-order valence-corrected chi connectivity index (χ2v) is 13.1. The summed E-state index contributed by atoms with van der Waals surface area (Å²) in [6, 6.07) is 0. The van der Waals surface area contributed by atoms with Gasteiger partial charge in [-0.25, -0.2) is 0 Å². The minimum Gasteiger partial charge on any atom is -0.0996 e. The maximum absolute atomic E-state index is 4.40. The minimum atomic E-state index is 0.323. The quantitative estimate of drug-likeness (QED) is 0.405. The normalized spacial score (nSPS) is 35.9. The molecule has 1 saturated carbocycles. The molecule has 0 aliphatic heterocycles. The van der Waals surface area contributed by atoms with Crippen molar-refractivity contribution >= 4 is 0 Å². The van der Waals surface area contributed by atoms with Crippen LogP contribution in [-0.4, -0.2) is 0 Å². The van der Waals surface area contributed by atoms with Gasteiger partial charge in [0.25, 0.3) is 0 Å². The third-order valence-corrected chi connectivity index (χ3v) is 10.5. The molecular formula is C30H50. The average Bonchev–Trinajstić information content (AvgIpc) is 2.63. The van der Waals surface area contributed by atoms with Crippen LogP contribution in [0.15, 0.2) is 34.9 Å². The van der Waals surface area contributed by atoms with Gasteiger partial charge in [-0.05, 0) is 105 Å². The fourth-order valence-corrected chi connectivity index (χ4v) is 7.38. The van der Waals surface area contributed by atoms with E-state index < -0.39 is 0 Å². The molecule has 0 nitrogen and oxygen atoms in total. The Labute approximate surface area is 188 Å². The number of hydrogen-bond donors (Lipinski definition) is 0. The van der Waals surface area contributed by atoms with Gasteiger partial charge in [0.1, 0.15) is 0 Å². The van der Waals surface area contributed by atoms with Crippen LogP contribution < -0.4 is 0 Å². The Balaban J connectivity index is 1.83. The molecule has 0 N–H and O–H groups in total. The number of rotatable bonds is 4. The van der Waals surface area contributed by atoms with Crippen molar-refractivity contribution in [2.75, 3.05) is 0 Å². The van der Waals surface area contributed by atoms with E-state index in [4.69, 9.17) is 0 Å². The van der Waals surface area contributed by atoms with Crippen molar-refractivity contribution in [2.24, 2.45) is 39.9 Å². The van der Waals surface area contributed by atoms with Gasteiger partial charge in [0.05, 0.1) is 0 Å². The van der Waals surface area contributed by atoms with Gasteiger partial charge >= 0.3 is 0 Å². The summed E-state index contributed by atoms with van der Waals surface area (Å²) in [5, 5.41) is 0. The molecule has 1 fully saturated rings. The Morgan fingerprint density at radius 2 is 1.60 bits per heavy atom. The lowest BCUT2D eigenvalue weighted by Gasteiger charge is -2.50. The Morgan fingerprint density at radius 1 is 0.967 bits per heavy atom. The topological polar surface area (TPSA) is 0 Å². The van der Waals surface area contributed by atoms with Crippen molar-refractivity contribution in [1.29, 1.82) is 0 Å². The molecule has 4 atom stereocenters. The van der Waals surface area contributed by atoms with E-state index in [0.717, 1.165) is 17.8 Å². The fraction of sp³-hybridized carbons (Fsp3) is 0.800. The molecule has 30 heavy (non-hydrogen) atoms. The summed E-state index contributed by atoms with van der Waals surface area (Å²) in [6.45, 7) is 26.9. The van der Waals surface area contributed by atoms with Gasteiger partial charge in [-0.3, -0.25) is 0 Å². The first kappa shape index (κ1) is 23.9. The van der Waals surface area contributed by atoms with Crippen molar-refractivity contribution in [1.82, 2.24) is 0 Å². The standard InChI is InChI=1S/C30H50/c1-20-13-15-24(29(7,8)23(20)4)19-27-22(3)14-16-25(30(27,9)10)18-26-21(2)12-11-17-28(26,5)6/h12,23-26H,1,11,13-19H2,2-10H3. The van der Waals surface area contributed by atoms with Crippen LogP contribution in [0.2, 0.25) is 0 Å². The van der Waals surface area contributed by atoms with Crippen molar-refractivity contribution in [3.63, 3.8) is 0 Å². The smallest absolute Gasteiger partial charge is 0.0113 e. The third-order valence-electron chi connectivity index (χ3n) is 10.5. The van der Waals surface area contributed by atoms with Crippen LogP contribution in [0.1, 0.15) is 114 Å². The Bertz CT molecular complexity index is 723. The third kappa shape index (κ3) is 4.27. The molecule has 0 heterocycles. The molecule has 3 aliphatic rings. The van der Waals surface area contributed by atoms with Crippen LogP contribution in [0.4, 0.5) is 0 Å². The van der Waals surface area contributed by atoms with Gasteiger partial charge < -0.3 is 0 Å². The predicted molar refractivity (Wildman–Crippen MR) is 134 cm³/mol. The Hall–Kier alpha value is -0.780. The van der Waals surface area contributed by atoms with Crippen molar-refractivity contribution < 1.29 is 0 Å². The van der Waals surface area contributed by atoms with Crippen LogP contribution in [0.25, 0.3) is 0 Å². The van der Waals surface area contributed by atoms with Crippen LogP contribution >= 0.6 is 0 Å². The molecule has 3 aliphatic carbocycles. The molecule has 3 rings (SSSR count). The van der Waals surface area contributed by atoms with Gasteiger partial charge in [-0.15, -0.1) is 0 Å². The van der Waals surface area contributed by atoms with Crippen molar-refractivity contribution in [2.45, 2.75) is 114 Å². The lowest BCUT2D eigenvalue weighted by Crippen LogP contribution is -2.40. The second-order valence-electron chi connectivity index (χ2n) is 13.1. The number of hydrogen-bond acceptors (Lipinski definition) is 0. The number of allylic oxidation sites excluding steroid dienone is 5. The first-order valence-corrected chi connectivity index (χ1v) is 12.8. The summed E-state index contributed by atoms with van der Waals surface area (Å²) in [7, 11) is 0. The maximum Gasteiger partial charge on any atom is -0.0113 e. The molecule has 0 radical (unpaired) electrons. The molecule has 0 aromatic carbocycles. The van der Waals surface area contributed by atoms with E-state index in [1.807, 2.05) is 5.57 Å². The monoisotopic (exact) mass is 410 g/mol. The zero-order valence-electron chi connectivity index (χ0n) is 21.8. The highest BCUT2D eigenvalue weighted by molar-refractivity contribution is 5.27. The first-order valence-electron chi connectivity index (χ1n) is 12.8. The van der Waals surface area contributed by atoms with Gasteiger partial charge in [-0.1, -0.05) is 83.4 Å². The molecule has 0 bridgehead atoms. The molecular weight excluding hydrogens is 360 g/mol. The van der Waals surface area contributed by atoms with Gasteiger partial charge in [0.2, 0.25) is 0 Å². The summed E-state index contributed by atoms with van der Waals surface area (Å²) in [5.41, 5.74) is 7.79. The highest BCUT2D eigenvalue weighted by atomic mass is 14.5. The van der Waals surface area contributed by atoms with E-state index >= 15 is 0 Å². The highest BCUT2D eigenvalue weighted by Crippen LogP contribution is 2.56. The summed E-state index contributed by atoms with van der Waals surface area (Å²) in [4.78, 5) is 0. The van der Waals surface area contributed by atoms with Crippen molar-refractivity contribution in [3.8, 4) is 0 Å². The highest BCUT2D eigenvalue weighted by Gasteiger charge is 2.45. The Kier molecular flexibility index (Phi) is 6.60. The summed E-state index contributed by atoms with van der Waals surface area (Å²) in [5.74, 6) is 2.98. The molecule has 0 saturated heterocycles.